The lowest BCUT2D eigenvalue weighted by molar-refractivity contribution is 0.286. The monoisotopic (exact) mass is 381 g/mol. The van der Waals surface area contributed by atoms with Gasteiger partial charge in [-0.25, -0.2) is 12.7 Å². The molecule has 0 N–H and O–H groups in total. The highest BCUT2D eigenvalue weighted by Crippen LogP contribution is 2.33. The van der Waals surface area contributed by atoms with Gasteiger partial charge < -0.3 is 4.42 Å². The molecule has 2 aromatic heterocycles. The van der Waals surface area contributed by atoms with E-state index in [0.717, 1.165) is 50.5 Å². The van der Waals surface area contributed by atoms with Crippen LogP contribution in [0.3, 0.4) is 0 Å². The average molecular weight is 382 g/mol. The smallest absolute Gasteiger partial charge is 0.248 e. The summed E-state index contributed by atoms with van der Waals surface area (Å²) in [7, 11) is -3.15. The van der Waals surface area contributed by atoms with Gasteiger partial charge in [0.05, 0.1) is 5.25 Å². The zero-order valence-electron chi connectivity index (χ0n) is 14.1. The molecule has 1 saturated carbocycles. The van der Waals surface area contributed by atoms with Crippen LogP contribution in [0.15, 0.2) is 21.2 Å². The number of thiophene rings is 1. The summed E-state index contributed by atoms with van der Waals surface area (Å²) < 4.78 is 33.1. The predicted octanol–water partition coefficient (Wildman–Crippen LogP) is 3.64. The van der Waals surface area contributed by atoms with E-state index in [4.69, 9.17) is 4.42 Å². The molecule has 4 rings (SSSR count). The van der Waals surface area contributed by atoms with E-state index in [1.807, 2.05) is 16.8 Å². The van der Waals surface area contributed by atoms with Crippen LogP contribution in [0, 0.1) is 0 Å². The van der Waals surface area contributed by atoms with Crippen LogP contribution in [0.25, 0.3) is 11.5 Å². The Hall–Kier alpha value is -1.25. The van der Waals surface area contributed by atoms with Gasteiger partial charge in [-0.1, -0.05) is 19.3 Å². The van der Waals surface area contributed by atoms with Crippen LogP contribution in [-0.4, -0.2) is 41.3 Å². The third kappa shape index (κ3) is 3.52. The van der Waals surface area contributed by atoms with Crippen molar-refractivity contribution in [1.29, 1.82) is 0 Å². The lowest BCUT2D eigenvalue weighted by Crippen LogP contribution is -2.43. The minimum absolute atomic E-state index is 0.151. The Balaban J connectivity index is 1.40. The van der Waals surface area contributed by atoms with Gasteiger partial charge in [-0.05, 0) is 37.1 Å². The van der Waals surface area contributed by atoms with Gasteiger partial charge >= 0.3 is 0 Å². The molecule has 2 fully saturated rings. The quantitative estimate of drug-likeness (QED) is 0.808. The summed E-state index contributed by atoms with van der Waals surface area (Å²) in [5.74, 6) is 1.34. The number of sulfonamides is 1. The maximum Gasteiger partial charge on any atom is 0.248 e. The van der Waals surface area contributed by atoms with Gasteiger partial charge in [0.1, 0.15) is 0 Å². The van der Waals surface area contributed by atoms with Crippen LogP contribution in [0.4, 0.5) is 0 Å². The van der Waals surface area contributed by atoms with Gasteiger partial charge in [-0.15, -0.1) is 10.2 Å². The van der Waals surface area contributed by atoms with E-state index in [0.29, 0.717) is 24.9 Å². The van der Waals surface area contributed by atoms with Crippen molar-refractivity contribution in [3.8, 4) is 11.5 Å². The molecule has 0 atom stereocenters. The highest BCUT2D eigenvalue weighted by atomic mass is 32.2. The van der Waals surface area contributed by atoms with Crippen LogP contribution in [0.2, 0.25) is 0 Å². The van der Waals surface area contributed by atoms with Crippen molar-refractivity contribution in [3.05, 3.63) is 22.7 Å². The first-order chi connectivity index (χ1) is 12.1. The molecule has 0 bridgehead atoms. The van der Waals surface area contributed by atoms with Gasteiger partial charge in [-0.2, -0.15) is 11.3 Å². The maximum absolute atomic E-state index is 12.8. The van der Waals surface area contributed by atoms with Crippen molar-refractivity contribution in [2.45, 2.75) is 56.1 Å². The molecule has 0 aromatic carbocycles. The van der Waals surface area contributed by atoms with Crippen molar-refractivity contribution in [2.24, 2.45) is 0 Å². The van der Waals surface area contributed by atoms with Crippen LogP contribution in [-0.2, 0) is 10.0 Å². The summed E-state index contributed by atoms with van der Waals surface area (Å²) >= 11 is 1.59. The molecule has 3 heterocycles. The first-order valence-electron chi connectivity index (χ1n) is 8.99. The van der Waals surface area contributed by atoms with Crippen LogP contribution in [0.1, 0.15) is 56.8 Å². The van der Waals surface area contributed by atoms with Gasteiger partial charge in [0.15, 0.2) is 0 Å². The number of rotatable bonds is 4. The Kier molecular flexibility index (Phi) is 4.92. The molecule has 8 heteroatoms. The van der Waals surface area contributed by atoms with Gasteiger partial charge in [0.2, 0.25) is 21.8 Å². The van der Waals surface area contributed by atoms with Crippen molar-refractivity contribution in [1.82, 2.24) is 14.5 Å². The third-order valence-corrected chi connectivity index (χ3v) is 8.43. The topological polar surface area (TPSA) is 76.3 Å². The van der Waals surface area contributed by atoms with Crippen molar-refractivity contribution in [3.63, 3.8) is 0 Å². The molecular weight excluding hydrogens is 358 g/mol. The summed E-state index contributed by atoms with van der Waals surface area (Å²) in [4.78, 5) is 0. The molecule has 6 nitrogen and oxygen atoms in total. The fraction of sp³-hybridized carbons (Fsp3) is 0.647. The number of aromatic nitrogens is 2. The second-order valence-corrected chi connectivity index (χ2v) is 9.93. The zero-order valence-corrected chi connectivity index (χ0v) is 15.8. The summed E-state index contributed by atoms with van der Waals surface area (Å²) in [5.41, 5.74) is 0.945. The van der Waals surface area contributed by atoms with Crippen molar-refractivity contribution in [2.75, 3.05) is 13.1 Å². The Morgan fingerprint density at radius 2 is 1.84 bits per heavy atom. The normalized spacial score (nSPS) is 21.6. The molecule has 1 saturated heterocycles. The molecule has 2 aliphatic rings. The number of piperidine rings is 1. The molecule has 0 unspecified atom stereocenters. The summed E-state index contributed by atoms with van der Waals surface area (Å²) in [6.45, 7) is 1.11. The SMILES string of the molecule is O=S(=O)(C1CCCCC1)N1CCC(c2nnc(-c3ccsc3)o2)CC1. The molecule has 1 aliphatic heterocycles. The molecule has 0 radical (unpaired) electrons. The highest BCUT2D eigenvalue weighted by Gasteiger charge is 2.36. The lowest BCUT2D eigenvalue weighted by Gasteiger charge is -2.33. The highest BCUT2D eigenvalue weighted by molar-refractivity contribution is 7.89. The standard InChI is InChI=1S/C17H23N3O3S2/c21-25(22,15-4-2-1-3-5-15)20-9-6-13(7-10-20)16-18-19-17(23-16)14-8-11-24-12-14/h8,11-13,15H,1-7,9-10H2. The fourth-order valence-electron chi connectivity index (χ4n) is 3.83. The maximum atomic E-state index is 12.8. The first-order valence-corrected chi connectivity index (χ1v) is 11.4. The van der Waals surface area contributed by atoms with Crippen molar-refractivity contribution >= 4 is 21.4 Å². The minimum Gasteiger partial charge on any atom is -0.420 e. The zero-order chi connectivity index (χ0) is 17.3. The summed E-state index contributed by atoms with van der Waals surface area (Å²) in [6.07, 6.45) is 6.36. The number of nitrogens with zero attached hydrogens (tertiary/aromatic N) is 3. The minimum atomic E-state index is -3.15. The number of hydrogen-bond acceptors (Lipinski definition) is 6. The van der Waals surface area contributed by atoms with E-state index in [9.17, 15) is 8.42 Å². The van der Waals surface area contributed by atoms with E-state index < -0.39 is 10.0 Å². The Morgan fingerprint density at radius 1 is 1.08 bits per heavy atom. The van der Waals surface area contributed by atoms with E-state index in [-0.39, 0.29) is 11.2 Å². The second kappa shape index (κ2) is 7.17. The van der Waals surface area contributed by atoms with E-state index >= 15 is 0 Å². The molecule has 2 aromatic rings. The van der Waals surface area contributed by atoms with Crippen LogP contribution < -0.4 is 0 Å². The lowest BCUT2D eigenvalue weighted by atomic mass is 9.98. The van der Waals surface area contributed by atoms with Gasteiger partial charge in [0.25, 0.3) is 0 Å². The summed E-state index contributed by atoms with van der Waals surface area (Å²) in [5, 5.41) is 12.1. The third-order valence-electron chi connectivity index (χ3n) is 5.35. The number of hydrogen-bond donors (Lipinski definition) is 0. The largest absolute Gasteiger partial charge is 0.420 e. The van der Waals surface area contributed by atoms with Gasteiger partial charge in [0, 0.05) is 30.0 Å². The molecule has 0 amide bonds. The molecule has 1 aliphatic carbocycles. The van der Waals surface area contributed by atoms with E-state index in [2.05, 4.69) is 10.2 Å². The fourth-order valence-corrected chi connectivity index (χ4v) is 6.53. The van der Waals surface area contributed by atoms with Gasteiger partial charge in [-0.3, -0.25) is 0 Å². The predicted molar refractivity (Wildman–Crippen MR) is 97.0 cm³/mol. The van der Waals surface area contributed by atoms with Crippen molar-refractivity contribution < 1.29 is 12.8 Å². The Labute approximate surface area is 152 Å². The van der Waals surface area contributed by atoms with E-state index in [1.165, 1.54) is 0 Å². The Bertz CT molecular complexity index is 787. The molecule has 0 spiro atoms. The summed E-state index contributed by atoms with van der Waals surface area (Å²) in [6, 6.07) is 1.96. The van der Waals surface area contributed by atoms with Crippen LogP contribution in [0.5, 0.6) is 0 Å². The molecule has 25 heavy (non-hydrogen) atoms. The first kappa shape index (κ1) is 17.2. The van der Waals surface area contributed by atoms with E-state index in [1.54, 1.807) is 15.6 Å². The average Bonchev–Trinajstić information content (AvgIpc) is 3.34. The Morgan fingerprint density at radius 3 is 2.52 bits per heavy atom. The molecule has 136 valence electrons. The molecular formula is C17H23N3O3S2. The second-order valence-electron chi connectivity index (χ2n) is 6.94. The van der Waals surface area contributed by atoms with Crippen LogP contribution >= 0.6 is 11.3 Å².